The van der Waals surface area contributed by atoms with Gasteiger partial charge in [-0.2, -0.15) is 0 Å². The van der Waals surface area contributed by atoms with E-state index in [4.69, 9.17) is 0 Å². The van der Waals surface area contributed by atoms with Crippen molar-refractivity contribution in [2.45, 2.75) is 31.9 Å². The molecule has 0 aliphatic heterocycles. The van der Waals surface area contributed by atoms with Crippen LogP contribution in [0.5, 0.6) is 0 Å². The van der Waals surface area contributed by atoms with E-state index in [1.807, 2.05) is 0 Å². The number of carbonyl (C=O) groups excluding carboxylic acids is 1. The first-order valence-electron chi connectivity index (χ1n) is 4.76. The Kier molecular flexibility index (Phi) is 3.93. The third-order valence-corrected chi connectivity index (χ3v) is 2.47. The van der Waals surface area contributed by atoms with Crippen LogP contribution in [0.3, 0.4) is 0 Å². The molecule has 0 aromatic carbocycles. The lowest BCUT2D eigenvalue weighted by Crippen LogP contribution is -2.30. The molecule has 0 radical (unpaired) electrons. The molecule has 0 aromatic rings. The van der Waals surface area contributed by atoms with Gasteiger partial charge in [-0.15, -0.1) is 0 Å². The maximum absolute atomic E-state index is 12.9. The second-order valence-electron chi connectivity index (χ2n) is 3.58. The summed E-state index contributed by atoms with van der Waals surface area (Å²) in [5.41, 5.74) is 0. The monoisotopic (exact) mass is 185 g/mol. The zero-order valence-corrected chi connectivity index (χ0v) is 7.76. The molecule has 1 saturated carbocycles. The van der Waals surface area contributed by atoms with E-state index in [0.29, 0.717) is 25.3 Å². The Morgan fingerprint density at radius 2 is 2.38 bits per heavy atom. The van der Waals surface area contributed by atoms with Crippen molar-refractivity contribution in [2.75, 3.05) is 6.54 Å². The molecule has 0 heterocycles. The van der Waals surface area contributed by atoms with Crippen LogP contribution in [0.15, 0.2) is 12.7 Å². The molecule has 13 heavy (non-hydrogen) atoms. The van der Waals surface area contributed by atoms with E-state index >= 15 is 0 Å². The average Bonchev–Trinajstić information content (AvgIpc) is 2.14. The third kappa shape index (κ3) is 3.57. The number of hydrogen-bond donors (Lipinski definition) is 1. The van der Waals surface area contributed by atoms with E-state index in [0.717, 1.165) is 12.8 Å². The molecule has 0 bridgehead atoms. The molecule has 1 amide bonds. The fourth-order valence-corrected chi connectivity index (χ4v) is 1.73. The van der Waals surface area contributed by atoms with Crippen molar-refractivity contribution in [1.82, 2.24) is 5.32 Å². The van der Waals surface area contributed by atoms with Gasteiger partial charge in [-0.1, -0.05) is 13.0 Å². The molecular weight excluding hydrogens is 169 g/mol. The number of rotatable bonds is 3. The van der Waals surface area contributed by atoms with Gasteiger partial charge in [0.25, 0.3) is 0 Å². The van der Waals surface area contributed by atoms with Crippen LogP contribution in [-0.4, -0.2) is 18.6 Å². The van der Waals surface area contributed by atoms with Crippen molar-refractivity contribution in [2.24, 2.45) is 5.92 Å². The van der Waals surface area contributed by atoms with Crippen molar-refractivity contribution < 1.29 is 9.18 Å². The van der Waals surface area contributed by atoms with Crippen LogP contribution in [0, 0.1) is 5.92 Å². The Morgan fingerprint density at radius 3 is 3.00 bits per heavy atom. The van der Waals surface area contributed by atoms with Crippen molar-refractivity contribution in [3.8, 4) is 0 Å². The predicted octanol–water partition coefficient (Wildman–Crippen LogP) is 1.82. The van der Waals surface area contributed by atoms with Crippen LogP contribution >= 0.6 is 0 Å². The largest absolute Gasteiger partial charge is 0.352 e. The fraction of sp³-hybridized carbons (Fsp3) is 0.700. The predicted molar refractivity (Wildman–Crippen MR) is 50.1 cm³/mol. The Hall–Kier alpha value is -0.860. The lowest BCUT2D eigenvalue weighted by atomic mass is 9.88. The molecule has 2 atom stereocenters. The number of nitrogens with one attached hydrogen (secondary N) is 1. The molecule has 1 N–H and O–H groups in total. The lowest BCUT2D eigenvalue weighted by Gasteiger charge is -2.24. The van der Waals surface area contributed by atoms with Crippen molar-refractivity contribution in [1.29, 1.82) is 0 Å². The van der Waals surface area contributed by atoms with Crippen LogP contribution in [0.2, 0.25) is 0 Å². The van der Waals surface area contributed by atoms with E-state index < -0.39 is 6.17 Å². The first-order chi connectivity index (χ1) is 6.22. The van der Waals surface area contributed by atoms with E-state index in [9.17, 15) is 9.18 Å². The van der Waals surface area contributed by atoms with Gasteiger partial charge >= 0.3 is 0 Å². The topological polar surface area (TPSA) is 29.1 Å². The van der Waals surface area contributed by atoms with Crippen LogP contribution in [0.25, 0.3) is 0 Å². The summed E-state index contributed by atoms with van der Waals surface area (Å²) >= 11 is 0. The van der Waals surface area contributed by atoms with Gasteiger partial charge in [0.05, 0.1) is 0 Å². The van der Waals surface area contributed by atoms with E-state index in [2.05, 4.69) is 11.9 Å². The summed E-state index contributed by atoms with van der Waals surface area (Å²) in [6, 6.07) is 0. The quantitative estimate of drug-likeness (QED) is 0.667. The summed E-state index contributed by atoms with van der Waals surface area (Å²) in [7, 11) is 0. The average molecular weight is 185 g/mol. The minimum atomic E-state index is -0.667. The first kappa shape index (κ1) is 10.2. The second-order valence-corrected chi connectivity index (χ2v) is 3.58. The van der Waals surface area contributed by atoms with Gasteiger partial charge in [0.1, 0.15) is 6.17 Å². The van der Waals surface area contributed by atoms with Crippen molar-refractivity contribution in [3.63, 3.8) is 0 Å². The number of halogens is 1. The Balaban J connectivity index is 2.20. The minimum Gasteiger partial charge on any atom is -0.352 e. The van der Waals surface area contributed by atoms with Crippen LogP contribution in [0.1, 0.15) is 25.7 Å². The van der Waals surface area contributed by atoms with Gasteiger partial charge in [0.2, 0.25) is 5.91 Å². The molecule has 2 unspecified atom stereocenters. The van der Waals surface area contributed by atoms with Gasteiger partial charge in [-0.05, 0) is 31.3 Å². The Bertz CT molecular complexity index is 193. The summed E-state index contributed by atoms with van der Waals surface area (Å²) in [4.78, 5) is 10.8. The molecule has 1 aliphatic rings. The molecule has 2 nitrogen and oxygen atoms in total. The summed E-state index contributed by atoms with van der Waals surface area (Å²) in [6.45, 7) is 3.94. The van der Waals surface area contributed by atoms with Gasteiger partial charge < -0.3 is 5.32 Å². The summed E-state index contributed by atoms with van der Waals surface area (Å²) in [6.07, 6.45) is 3.83. The molecule has 3 heteroatoms. The van der Waals surface area contributed by atoms with Gasteiger partial charge in [0, 0.05) is 6.54 Å². The Labute approximate surface area is 78.2 Å². The molecule has 0 saturated heterocycles. The fourth-order valence-electron chi connectivity index (χ4n) is 1.73. The summed E-state index contributed by atoms with van der Waals surface area (Å²) < 4.78 is 12.9. The molecule has 74 valence electrons. The van der Waals surface area contributed by atoms with Crippen LogP contribution in [0.4, 0.5) is 4.39 Å². The standard InChI is InChI=1S/C10H16FNO/c1-2-10(13)12-7-8-4-3-5-9(11)6-8/h2,8-9H,1,3-7H2,(H,12,13). The summed E-state index contributed by atoms with van der Waals surface area (Å²) in [5, 5.41) is 2.70. The first-order valence-corrected chi connectivity index (χ1v) is 4.76. The summed E-state index contributed by atoms with van der Waals surface area (Å²) in [5.74, 6) is 0.147. The number of alkyl halides is 1. The number of hydrogen-bond acceptors (Lipinski definition) is 1. The van der Waals surface area contributed by atoms with E-state index in [1.165, 1.54) is 6.08 Å². The molecular formula is C10H16FNO. The van der Waals surface area contributed by atoms with E-state index in [-0.39, 0.29) is 5.91 Å². The Morgan fingerprint density at radius 1 is 1.62 bits per heavy atom. The van der Waals surface area contributed by atoms with Crippen LogP contribution < -0.4 is 5.32 Å². The molecule has 1 fully saturated rings. The molecule has 0 spiro atoms. The highest BCUT2D eigenvalue weighted by molar-refractivity contribution is 5.86. The number of amides is 1. The highest BCUT2D eigenvalue weighted by Gasteiger charge is 2.21. The van der Waals surface area contributed by atoms with Gasteiger partial charge in [-0.3, -0.25) is 4.79 Å². The van der Waals surface area contributed by atoms with Gasteiger partial charge in [0.15, 0.2) is 0 Å². The highest BCUT2D eigenvalue weighted by atomic mass is 19.1. The van der Waals surface area contributed by atoms with Crippen LogP contribution in [-0.2, 0) is 4.79 Å². The lowest BCUT2D eigenvalue weighted by molar-refractivity contribution is -0.116. The number of carbonyl (C=O) groups is 1. The second kappa shape index (κ2) is 5.00. The van der Waals surface area contributed by atoms with Crippen molar-refractivity contribution >= 4 is 5.91 Å². The van der Waals surface area contributed by atoms with Gasteiger partial charge in [-0.25, -0.2) is 4.39 Å². The zero-order valence-electron chi connectivity index (χ0n) is 7.76. The highest BCUT2D eigenvalue weighted by Crippen LogP contribution is 2.25. The molecule has 0 aromatic heterocycles. The zero-order chi connectivity index (χ0) is 9.68. The SMILES string of the molecule is C=CC(=O)NCC1CCCC(F)C1. The smallest absolute Gasteiger partial charge is 0.243 e. The molecule has 1 rings (SSSR count). The maximum Gasteiger partial charge on any atom is 0.243 e. The minimum absolute atomic E-state index is 0.166. The normalized spacial score (nSPS) is 28.1. The van der Waals surface area contributed by atoms with Crippen molar-refractivity contribution in [3.05, 3.63) is 12.7 Å². The third-order valence-electron chi connectivity index (χ3n) is 2.47. The molecule has 1 aliphatic carbocycles. The maximum atomic E-state index is 12.9. The van der Waals surface area contributed by atoms with E-state index in [1.54, 1.807) is 0 Å².